The molecule has 2 aromatic carbocycles. The first-order valence-electron chi connectivity index (χ1n) is 10.7. The third-order valence-electron chi connectivity index (χ3n) is 5.27. The summed E-state index contributed by atoms with van der Waals surface area (Å²) in [6, 6.07) is 12.1. The number of fused-ring (bicyclic) bond motifs is 1. The van der Waals surface area contributed by atoms with Crippen molar-refractivity contribution in [2.24, 2.45) is 0 Å². The zero-order chi connectivity index (χ0) is 25.1. The summed E-state index contributed by atoms with van der Waals surface area (Å²) in [7, 11) is 2.91. The van der Waals surface area contributed by atoms with Crippen molar-refractivity contribution in [3.8, 4) is 17.2 Å². The fourth-order valence-corrected chi connectivity index (χ4v) is 4.52. The van der Waals surface area contributed by atoms with Crippen LogP contribution in [0.25, 0.3) is 16.5 Å². The average Bonchev–Trinajstić information content (AvgIpc) is 3.28. The number of hydrogen-bond acceptors (Lipinski definition) is 8. The summed E-state index contributed by atoms with van der Waals surface area (Å²) in [6.07, 6.45) is 0. The maximum atomic E-state index is 13.5. The number of nitrogens with one attached hydrogen (secondary N) is 1. The molecule has 0 aliphatic rings. The molecule has 0 spiro atoms. The van der Waals surface area contributed by atoms with Crippen LogP contribution in [0.5, 0.6) is 11.5 Å². The van der Waals surface area contributed by atoms with Crippen LogP contribution >= 0.6 is 11.3 Å². The Bertz CT molecular complexity index is 1470. The van der Waals surface area contributed by atoms with E-state index in [-0.39, 0.29) is 34.0 Å². The third kappa shape index (κ3) is 4.47. The lowest BCUT2D eigenvalue weighted by Crippen LogP contribution is -2.25. The highest BCUT2D eigenvalue weighted by Gasteiger charge is 2.24. The Morgan fingerprint density at radius 2 is 1.83 bits per heavy atom. The summed E-state index contributed by atoms with van der Waals surface area (Å²) in [5.74, 6) is -0.505. The number of benzene rings is 2. The number of esters is 1. The molecule has 2 aromatic heterocycles. The minimum atomic E-state index is -0.663. The highest BCUT2D eigenvalue weighted by molar-refractivity contribution is 7.16. The lowest BCUT2D eigenvalue weighted by molar-refractivity contribution is 0.0520. The zero-order valence-electron chi connectivity index (χ0n) is 19.6. The van der Waals surface area contributed by atoms with Gasteiger partial charge in [-0.2, -0.15) is 9.78 Å². The van der Waals surface area contributed by atoms with Crippen molar-refractivity contribution in [1.82, 2.24) is 9.78 Å². The molecule has 35 heavy (non-hydrogen) atoms. The maximum absolute atomic E-state index is 13.5. The molecule has 0 aliphatic carbocycles. The van der Waals surface area contributed by atoms with Gasteiger partial charge in [0.25, 0.3) is 11.5 Å². The van der Waals surface area contributed by atoms with Crippen molar-refractivity contribution in [3.63, 3.8) is 0 Å². The Kier molecular flexibility index (Phi) is 6.83. The van der Waals surface area contributed by atoms with Crippen molar-refractivity contribution >= 4 is 39.0 Å². The van der Waals surface area contributed by atoms with Gasteiger partial charge in [0, 0.05) is 10.8 Å². The first-order valence-corrected chi connectivity index (χ1v) is 11.6. The van der Waals surface area contributed by atoms with Crippen LogP contribution in [0.4, 0.5) is 5.00 Å². The molecule has 180 valence electrons. The number of aryl methyl sites for hydroxylation is 1. The number of rotatable bonds is 7. The summed E-state index contributed by atoms with van der Waals surface area (Å²) in [5.41, 5.74) is 1.21. The Balaban J connectivity index is 1.87. The summed E-state index contributed by atoms with van der Waals surface area (Å²) in [5, 5.41) is 9.43. The van der Waals surface area contributed by atoms with E-state index >= 15 is 0 Å². The molecule has 0 atom stereocenters. The fourth-order valence-electron chi connectivity index (χ4n) is 3.59. The number of ether oxygens (including phenoxy) is 3. The fraction of sp³-hybridized carbons (Fsp3) is 0.200. The molecule has 10 heteroatoms. The van der Waals surface area contributed by atoms with Crippen LogP contribution in [0.1, 0.15) is 33.3 Å². The van der Waals surface area contributed by atoms with E-state index in [0.717, 1.165) is 21.6 Å². The van der Waals surface area contributed by atoms with Crippen LogP contribution in [0, 0.1) is 6.92 Å². The molecule has 0 saturated carbocycles. The van der Waals surface area contributed by atoms with E-state index in [4.69, 9.17) is 14.2 Å². The second-order valence-corrected chi connectivity index (χ2v) is 8.35. The lowest BCUT2D eigenvalue weighted by Gasteiger charge is -2.12. The van der Waals surface area contributed by atoms with Gasteiger partial charge in [-0.15, -0.1) is 11.3 Å². The number of anilines is 1. The Morgan fingerprint density at radius 1 is 1.09 bits per heavy atom. The second-order valence-electron chi connectivity index (χ2n) is 7.47. The van der Waals surface area contributed by atoms with Crippen LogP contribution in [0.2, 0.25) is 0 Å². The van der Waals surface area contributed by atoms with Gasteiger partial charge in [-0.05, 0) is 38.1 Å². The van der Waals surface area contributed by atoms with Gasteiger partial charge >= 0.3 is 5.97 Å². The molecule has 0 radical (unpaired) electrons. The van der Waals surface area contributed by atoms with Crippen LogP contribution in [0.3, 0.4) is 0 Å². The van der Waals surface area contributed by atoms with Gasteiger partial charge in [-0.25, -0.2) is 4.79 Å². The molecule has 9 nitrogen and oxygen atoms in total. The lowest BCUT2D eigenvalue weighted by atomic mass is 10.1. The van der Waals surface area contributed by atoms with Crippen molar-refractivity contribution in [1.29, 1.82) is 0 Å². The van der Waals surface area contributed by atoms with E-state index < -0.39 is 17.4 Å². The average molecular weight is 494 g/mol. The van der Waals surface area contributed by atoms with Crippen LogP contribution in [0.15, 0.2) is 52.6 Å². The smallest absolute Gasteiger partial charge is 0.359 e. The number of thiophene rings is 1. The van der Waals surface area contributed by atoms with Crippen LogP contribution in [-0.2, 0) is 4.74 Å². The molecule has 2 heterocycles. The topological polar surface area (TPSA) is 109 Å². The van der Waals surface area contributed by atoms with E-state index in [0.29, 0.717) is 16.8 Å². The molecule has 0 fully saturated rings. The number of carbonyl (C=O) groups is 2. The van der Waals surface area contributed by atoms with Crippen LogP contribution in [-0.4, -0.2) is 42.5 Å². The quantitative estimate of drug-likeness (QED) is 0.384. The van der Waals surface area contributed by atoms with Crippen molar-refractivity contribution in [3.05, 3.63) is 75.0 Å². The SMILES string of the molecule is CCOC(=O)c1nn(-c2ccc(C)cc2)c(=O)c2c(NC(=O)c3cccc(OC)c3OC)scc12. The summed E-state index contributed by atoms with van der Waals surface area (Å²) < 4.78 is 17.0. The Morgan fingerprint density at radius 3 is 2.49 bits per heavy atom. The minimum absolute atomic E-state index is 0.0160. The zero-order valence-corrected chi connectivity index (χ0v) is 20.4. The number of carbonyl (C=O) groups excluding carboxylic acids is 2. The summed E-state index contributed by atoms with van der Waals surface area (Å²) in [4.78, 5) is 39.4. The van der Waals surface area contributed by atoms with Gasteiger partial charge in [0.2, 0.25) is 0 Å². The summed E-state index contributed by atoms with van der Waals surface area (Å²) >= 11 is 1.11. The number of methoxy groups -OCH3 is 2. The van der Waals surface area contributed by atoms with Gasteiger partial charge in [0.1, 0.15) is 5.00 Å². The molecule has 0 bridgehead atoms. The van der Waals surface area contributed by atoms with Gasteiger partial charge in [0.05, 0.1) is 37.5 Å². The minimum Gasteiger partial charge on any atom is -0.493 e. The first-order chi connectivity index (χ1) is 16.9. The van der Waals surface area contributed by atoms with E-state index in [1.54, 1.807) is 42.6 Å². The Labute approximate surface area is 204 Å². The normalized spacial score (nSPS) is 10.7. The van der Waals surface area contributed by atoms with E-state index in [9.17, 15) is 14.4 Å². The molecule has 0 aliphatic heterocycles. The largest absolute Gasteiger partial charge is 0.493 e. The van der Waals surface area contributed by atoms with Crippen molar-refractivity contribution < 1.29 is 23.8 Å². The molecular weight excluding hydrogens is 470 g/mol. The van der Waals surface area contributed by atoms with E-state index in [2.05, 4.69) is 10.4 Å². The number of nitrogens with zero attached hydrogens (tertiary/aromatic N) is 2. The molecule has 1 amide bonds. The molecular formula is C25H23N3O6S. The highest BCUT2D eigenvalue weighted by Crippen LogP contribution is 2.34. The molecule has 0 saturated heterocycles. The predicted octanol–water partition coefficient (Wildman–Crippen LogP) is 4.20. The highest BCUT2D eigenvalue weighted by atomic mass is 32.1. The van der Waals surface area contributed by atoms with Crippen molar-refractivity contribution in [2.45, 2.75) is 13.8 Å². The molecule has 0 unspecified atom stereocenters. The van der Waals surface area contributed by atoms with Gasteiger partial charge in [-0.1, -0.05) is 23.8 Å². The first kappa shape index (κ1) is 24.0. The second kappa shape index (κ2) is 9.98. The van der Waals surface area contributed by atoms with E-state index in [1.165, 1.54) is 14.2 Å². The molecule has 4 rings (SSSR count). The van der Waals surface area contributed by atoms with Gasteiger partial charge in [0.15, 0.2) is 17.2 Å². The molecule has 4 aromatic rings. The summed E-state index contributed by atoms with van der Waals surface area (Å²) in [6.45, 7) is 3.76. The number of amides is 1. The van der Waals surface area contributed by atoms with Gasteiger partial charge in [-0.3, -0.25) is 9.59 Å². The predicted molar refractivity (Wildman–Crippen MR) is 133 cm³/mol. The standard InChI is InChI=1S/C25H23N3O6S/c1-5-34-25(31)20-17-13-35-23(26-22(29)16-7-6-8-18(32-3)21(16)33-4)19(17)24(30)28(27-20)15-11-9-14(2)10-12-15/h6-13H,5H2,1-4H3,(H,26,29). The number of aromatic nitrogens is 2. The maximum Gasteiger partial charge on any atom is 0.359 e. The Hall–Kier alpha value is -4.18. The van der Waals surface area contributed by atoms with Crippen molar-refractivity contribution in [2.75, 3.05) is 26.1 Å². The van der Waals surface area contributed by atoms with Gasteiger partial charge < -0.3 is 19.5 Å². The van der Waals surface area contributed by atoms with Crippen LogP contribution < -0.4 is 20.3 Å². The van der Waals surface area contributed by atoms with E-state index in [1.807, 2.05) is 19.1 Å². The third-order valence-corrected chi connectivity index (χ3v) is 6.17. The molecule has 1 N–H and O–H groups in total. The number of hydrogen-bond donors (Lipinski definition) is 1. The monoisotopic (exact) mass is 493 g/mol. The number of para-hydroxylation sites is 1.